The van der Waals surface area contributed by atoms with Crippen molar-refractivity contribution in [3.05, 3.63) is 65.2 Å². The summed E-state index contributed by atoms with van der Waals surface area (Å²) >= 11 is 0. The number of hydrogen-bond donors (Lipinski definition) is 0. The van der Waals surface area contributed by atoms with Crippen LogP contribution in [0.25, 0.3) is 17.1 Å². The number of nitriles is 1. The van der Waals surface area contributed by atoms with Gasteiger partial charge in [-0.3, -0.25) is 9.36 Å². The summed E-state index contributed by atoms with van der Waals surface area (Å²) in [6.45, 7) is 4.41. The second-order valence-electron chi connectivity index (χ2n) is 7.73. The van der Waals surface area contributed by atoms with Crippen LogP contribution in [0.4, 0.5) is 4.39 Å². The first-order valence-corrected chi connectivity index (χ1v) is 10.6. The average molecular weight is 435 g/mol. The highest BCUT2D eigenvalue weighted by atomic mass is 19.1. The largest absolute Gasteiger partial charge is 0.497 e. The molecule has 0 bridgehead atoms. The number of ether oxygens (including phenoxy) is 1. The van der Waals surface area contributed by atoms with Crippen LogP contribution in [0, 0.1) is 24.1 Å². The molecule has 2 heterocycles. The minimum atomic E-state index is -0.630. The Morgan fingerprint density at radius 2 is 1.81 bits per heavy atom. The molecule has 0 N–H and O–H groups in total. The number of likely N-dealkylation sites (tertiary alicyclic amines) is 1. The molecule has 0 atom stereocenters. The van der Waals surface area contributed by atoms with Crippen molar-refractivity contribution in [2.45, 2.75) is 26.2 Å². The summed E-state index contributed by atoms with van der Waals surface area (Å²) in [7, 11) is 3.77. The van der Waals surface area contributed by atoms with E-state index in [0.29, 0.717) is 29.1 Å². The minimum absolute atomic E-state index is 0.0429. The standard InChI is InChI=1S/C19H14FN3O2.C6H13N/c1-12-18(11-24)22-19(13-3-4-14(10-21)17(20)9-13)23(12)15-5-7-16(25-2)8-6-15;1-7-5-3-2-4-6-7/h3-9,11H,1-2H3;2-6H2,1H3. The van der Waals surface area contributed by atoms with Gasteiger partial charge in [0.1, 0.15) is 29.2 Å². The van der Waals surface area contributed by atoms with Crippen LogP contribution in [0.1, 0.15) is 41.0 Å². The Balaban J connectivity index is 0.000000352. The van der Waals surface area contributed by atoms with E-state index in [-0.39, 0.29) is 11.3 Å². The lowest BCUT2D eigenvalue weighted by atomic mass is 10.1. The number of rotatable bonds is 4. The molecule has 0 aliphatic carbocycles. The summed E-state index contributed by atoms with van der Waals surface area (Å²) in [5.41, 5.74) is 2.11. The molecule has 0 spiro atoms. The topological polar surface area (TPSA) is 71.2 Å². The van der Waals surface area contributed by atoms with Crippen LogP contribution >= 0.6 is 0 Å². The summed E-state index contributed by atoms with van der Waals surface area (Å²) < 4.78 is 20.9. The number of imidazole rings is 1. The van der Waals surface area contributed by atoms with Crippen LogP contribution in [-0.4, -0.2) is 48.0 Å². The van der Waals surface area contributed by atoms with E-state index >= 15 is 0 Å². The zero-order valence-electron chi connectivity index (χ0n) is 18.6. The molecule has 1 aliphatic rings. The normalized spacial score (nSPS) is 13.6. The quantitative estimate of drug-likeness (QED) is 0.553. The predicted octanol–water partition coefficient (Wildman–Crippen LogP) is 4.78. The first-order chi connectivity index (χ1) is 15.5. The fourth-order valence-corrected chi connectivity index (χ4v) is 3.67. The van der Waals surface area contributed by atoms with Crippen molar-refractivity contribution >= 4 is 6.29 Å². The maximum Gasteiger partial charge on any atom is 0.170 e. The molecule has 7 heteroatoms. The molecule has 0 radical (unpaired) electrons. The van der Waals surface area contributed by atoms with Crippen molar-refractivity contribution in [2.75, 3.05) is 27.2 Å². The van der Waals surface area contributed by atoms with Crippen molar-refractivity contribution < 1.29 is 13.9 Å². The van der Waals surface area contributed by atoms with Crippen LogP contribution < -0.4 is 4.74 Å². The molecule has 1 aliphatic heterocycles. The van der Waals surface area contributed by atoms with Crippen LogP contribution in [0.15, 0.2) is 42.5 Å². The van der Waals surface area contributed by atoms with Gasteiger partial charge in [-0.15, -0.1) is 0 Å². The van der Waals surface area contributed by atoms with Gasteiger partial charge < -0.3 is 9.64 Å². The van der Waals surface area contributed by atoms with Gasteiger partial charge in [-0.2, -0.15) is 5.26 Å². The van der Waals surface area contributed by atoms with E-state index < -0.39 is 5.82 Å². The number of piperidine rings is 1. The van der Waals surface area contributed by atoms with Crippen molar-refractivity contribution in [3.63, 3.8) is 0 Å². The molecule has 1 fully saturated rings. The zero-order chi connectivity index (χ0) is 23.1. The van der Waals surface area contributed by atoms with E-state index in [1.165, 1.54) is 44.5 Å². The molecule has 0 saturated carbocycles. The number of benzene rings is 2. The highest BCUT2D eigenvalue weighted by molar-refractivity contribution is 5.77. The molecular formula is C25H27FN4O2. The molecule has 4 rings (SSSR count). The Hall–Kier alpha value is -3.50. The van der Waals surface area contributed by atoms with Gasteiger partial charge >= 0.3 is 0 Å². The number of methoxy groups -OCH3 is 1. The Kier molecular flexibility index (Phi) is 7.74. The van der Waals surface area contributed by atoms with Crippen LogP contribution in [0.2, 0.25) is 0 Å². The minimum Gasteiger partial charge on any atom is -0.497 e. The van der Waals surface area contributed by atoms with Gasteiger partial charge in [0, 0.05) is 11.3 Å². The lowest BCUT2D eigenvalue weighted by Gasteiger charge is -2.20. The summed E-state index contributed by atoms with van der Waals surface area (Å²) in [5.74, 6) is 0.492. The number of halogens is 1. The molecule has 1 saturated heterocycles. The fourth-order valence-electron chi connectivity index (χ4n) is 3.67. The van der Waals surface area contributed by atoms with Gasteiger partial charge in [-0.25, -0.2) is 9.37 Å². The molecule has 0 unspecified atom stereocenters. The highest BCUT2D eigenvalue weighted by Gasteiger charge is 2.18. The van der Waals surface area contributed by atoms with Crippen LogP contribution in [-0.2, 0) is 0 Å². The molecule has 0 amide bonds. The summed E-state index contributed by atoms with van der Waals surface area (Å²) in [4.78, 5) is 18.0. The summed E-state index contributed by atoms with van der Waals surface area (Å²) in [5, 5.41) is 8.88. The summed E-state index contributed by atoms with van der Waals surface area (Å²) in [6, 6.07) is 13.3. The second kappa shape index (κ2) is 10.7. The van der Waals surface area contributed by atoms with E-state index in [9.17, 15) is 9.18 Å². The molecular weight excluding hydrogens is 407 g/mol. The van der Waals surface area contributed by atoms with Crippen molar-refractivity contribution in [2.24, 2.45) is 0 Å². The Morgan fingerprint density at radius 3 is 2.31 bits per heavy atom. The second-order valence-corrected chi connectivity index (χ2v) is 7.73. The van der Waals surface area contributed by atoms with Crippen LogP contribution in [0.5, 0.6) is 5.75 Å². The van der Waals surface area contributed by atoms with Gasteiger partial charge in [0.2, 0.25) is 0 Å². The smallest absolute Gasteiger partial charge is 0.170 e. The van der Waals surface area contributed by atoms with E-state index in [2.05, 4.69) is 16.9 Å². The monoisotopic (exact) mass is 434 g/mol. The van der Waals surface area contributed by atoms with Gasteiger partial charge in [0.25, 0.3) is 0 Å². The van der Waals surface area contributed by atoms with Crippen LogP contribution in [0.3, 0.4) is 0 Å². The van der Waals surface area contributed by atoms with E-state index in [1.807, 2.05) is 12.1 Å². The maximum absolute atomic E-state index is 14.0. The third kappa shape index (κ3) is 5.21. The van der Waals surface area contributed by atoms with Gasteiger partial charge in [0.15, 0.2) is 6.29 Å². The van der Waals surface area contributed by atoms with E-state index in [0.717, 1.165) is 5.69 Å². The van der Waals surface area contributed by atoms with E-state index in [1.54, 1.807) is 42.9 Å². The van der Waals surface area contributed by atoms with Crippen molar-refractivity contribution in [3.8, 4) is 28.9 Å². The van der Waals surface area contributed by atoms with Gasteiger partial charge in [-0.1, -0.05) is 6.42 Å². The zero-order valence-corrected chi connectivity index (χ0v) is 18.6. The van der Waals surface area contributed by atoms with Crippen molar-refractivity contribution in [1.29, 1.82) is 5.26 Å². The summed E-state index contributed by atoms with van der Waals surface area (Å²) in [6.07, 6.45) is 4.94. The third-order valence-corrected chi connectivity index (χ3v) is 5.51. The SMILES string of the molecule is CN1CCCCC1.COc1ccc(-n2c(-c3ccc(C#N)c(F)c3)nc(C=O)c2C)cc1. The molecule has 166 valence electrons. The fraction of sp³-hybridized carbons (Fsp3) is 0.320. The van der Waals surface area contributed by atoms with Crippen molar-refractivity contribution in [1.82, 2.24) is 14.5 Å². The number of aromatic nitrogens is 2. The number of hydrogen-bond acceptors (Lipinski definition) is 5. The Labute approximate surface area is 187 Å². The molecule has 2 aromatic carbocycles. The number of carbonyl (C=O) groups is 1. The molecule has 1 aromatic heterocycles. The Bertz CT molecular complexity index is 1110. The molecule has 32 heavy (non-hydrogen) atoms. The molecule has 3 aromatic rings. The predicted molar refractivity (Wildman–Crippen MR) is 122 cm³/mol. The number of aldehydes is 1. The molecule has 6 nitrogen and oxygen atoms in total. The first kappa shape index (κ1) is 23.2. The third-order valence-electron chi connectivity index (χ3n) is 5.51. The number of nitrogens with zero attached hydrogens (tertiary/aromatic N) is 4. The van der Waals surface area contributed by atoms with Gasteiger partial charge in [0.05, 0.1) is 18.4 Å². The lowest BCUT2D eigenvalue weighted by molar-refractivity contribution is 0.111. The highest BCUT2D eigenvalue weighted by Crippen LogP contribution is 2.28. The van der Waals surface area contributed by atoms with E-state index in [4.69, 9.17) is 10.00 Å². The Morgan fingerprint density at radius 1 is 1.12 bits per heavy atom. The first-order valence-electron chi connectivity index (χ1n) is 10.6. The van der Waals surface area contributed by atoms with Gasteiger partial charge in [-0.05, 0) is 82.4 Å². The maximum atomic E-state index is 14.0. The number of carbonyl (C=O) groups excluding carboxylic acids is 1. The lowest BCUT2D eigenvalue weighted by Crippen LogP contribution is -2.24. The average Bonchev–Trinajstić information content (AvgIpc) is 3.16.